The maximum Gasteiger partial charge on any atom is 0.164 e. The van der Waals surface area contributed by atoms with Crippen LogP contribution in [0, 0.1) is 12.7 Å². The van der Waals surface area contributed by atoms with Gasteiger partial charge in [0.25, 0.3) is 0 Å². The molecule has 0 N–H and O–H groups in total. The fourth-order valence-corrected chi connectivity index (χ4v) is 2.34. The van der Waals surface area contributed by atoms with Crippen LogP contribution in [0.5, 0.6) is 0 Å². The van der Waals surface area contributed by atoms with Gasteiger partial charge in [-0.25, -0.2) is 14.4 Å². The van der Waals surface area contributed by atoms with Gasteiger partial charge in [-0.15, -0.1) is 11.6 Å². The van der Waals surface area contributed by atoms with E-state index in [-0.39, 0.29) is 11.2 Å². The normalized spacial score (nSPS) is 12.8. The van der Waals surface area contributed by atoms with Crippen LogP contribution in [0.4, 0.5) is 4.39 Å². The van der Waals surface area contributed by atoms with Crippen molar-refractivity contribution >= 4 is 22.8 Å². The first-order chi connectivity index (χ1) is 9.56. The van der Waals surface area contributed by atoms with E-state index < -0.39 is 0 Å². The van der Waals surface area contributed by atoms with Crippen molar-refractivity contribution in [2.45, 2.75) is 19.2 Å². The molecule has 3 nitrogen and oxygen atoms in total. The van der Waals surface area contributed by atoms with Crippen LogP contribution < -0.4 is 0 Å². The predicted molar refractivity (Wildman–Crippen MR) is 77.8 cm³/mol. The van der Waals surface area contributed by atoms with E-state index in [2.05, 4.69) is 9.97 Å². The lowest BCUT2D eigenvalue weighted by Crippen LogP contribution is -2.02. The summed E-state index contributed by atoms with van der Waals surface area (Å²) >= 11 is 6.22. The molecule has 0 spiro atoms. The van der Waals surface area contributed by atoms with E-state index in [1.54, 1.807) is 18.3 Å². The van der Waals surface area contributed by atoms with Gasteiger partial charge in [0.05, 0.1) is 5.38 Å². The Labute approximate surface area is 121 Å². The zero-order chi connectivity index (χ0) is 14.3. The van der Waals surface area contributed by atoms with Crippen LogP contribution in [-0.2, 0) is 0 Å². The molecule has 0 aliphatic rings. The molecule has 0 fully saturated rings. The quantitative estimate of drug-likeness (QED) is 0.663. The molecule has 5 heteroatoms. The third kappa shape index (κ3) is 2.16. The average Bonchev–Trinajstić information content (AvgIpc) is 2.78. The molecule has 0 saturated carbocycles. The second kappa shape index (κ2) is 4.87. The molecule has 3 aromatic rings. The van der Waals surface area contributed by atoms with Crippen LogP contribution in [0.1, 0.15) is 23.7 Å². The molecule has 0 aliphatic heterocycles. The first-order valence-corrected chi connectivity index (χ1v) is 6.75. The molecule has 2 aromatic heterocycles. The summed E-state index contributed by atoms with van der Waals surface area (Å²) in [5.74, 6) is 0.425. The Morgan fingerprint density at radius 1 is 1.25 bits per heavy atom. The van der Waals surface area contributed by atoms with E-state index >= 15 is 0 Å². The summed E-state index contributed by atoms with van der Waals surface area (Å²) in [5.41, 5.74) is 3.35. The van der Waals surface area contributed by atoms with Crippen molar-refractivity contribution in [1.82, 2.24) is 14.5 Å². The van der Waals surface area contributed by atoms with Gasteiger partial charge < -0.3 is 0 Å². The van der Waals surface area contributed by atoms with Crippen molar-refractivity contribution in [1.29, 1.82) is 0 Å². The lowest BCUT2D eigenvalue weighted by atomic mass is 10.3. The number of fused-ring (bicyclic) bond motifs is 1. The van der Waals surface area contributed by atoms with Crippen molar-refractivity contribution in [2.75, 3.05) is 0 Å². The van der Waals surface area contributed by atoms with E-state index in [4.69, 9.17) is 11.6 Å². The Kier molecular flexibility index (Phi) is 3.18. The minimum absolute atomic E-state index is 0.269. The SMILES string of the molecule is Cc1cnc2c(c1)nc(C(C)Cl)n2-c1ccc(F)cc1. The summed E-state index contributed by atoms with van der Waals surface area (Å²) in [5, 5.41) is -0.269. The minimum atomic E-state index is -0.276. The molecule has 0 bridgehead atoms. The lowest BCUT2D eigenvalue weighted by Gasteiger charge is -2.09. The number of hydrogen-bond donors (Lipinski definition) is 0. The third-order valence-corrected chi connectivity index (χ3v) is 3.30. The summed E-state index contributed by atoms with van der Waals surface area (Å²) in [6, 6.07) is 8.18. The van der Waals surface area contributed by atoms with E-state index in [0.717, 1.165) is 22.4 Å². The molecule has 20 heavy (non-hydrogen) atoms. The Bertz CT molecular complexity index is 763. The summed E-state index contributed by atoms with van der Waals surface area (Å²) < 4.78 is 15.0. The van der Waals surface area contributed by atoms with Crippen LogP contribution in [-0.4, -0.2) is 14.5 Å². The Hall–Kier alpha value is -1.94. The highest BCUT2D eigenvalue weighted by atomic mass is 35.5. The zero-order valence-corrected chi connectivity index (χ0v) is 11.9. The molecule has 3 rings (SSSR count). The summed E-state index contributed by atoms with van der Waals surface area (Å²) in [7, 11) is 0. The molecule has 1 aromatic carbocycles. The van der Waals surface area contributed by atoms with Gasteiger partial charge in [0.2, 0.25) is 0 Å². The number of rotatable bonds is 2. The van der Waals surface area contributed by atoms with Gasteiger partial charge in [0.15, 0.2) is 5.65 Å². The molecule has 1 unspecified atom stereocenters. The van der Waals surface area contributed by atoms with Gasteiger partial charge in [-0.3, -0.25) is 4.57 Å². The monoisotopic (exact) mass is 289 g/mol. The van der Waals surface area contributed by atoms with E-state index in [1.165, 1.54) is 12.1 Å². The molecule has 0 saturated heterocycles. The highest BCUT2D eigenvalue weighted by molar-refractivity contribution is 6.20. The number of pyridine rings is 1. The maximum absolute atomic E-state index is 13.1. The van der Waals surface area contributed by atoms with Gasteiger partial charge in [-0.1, -0.05) is 0 Å². The number of alkyl halides is 1. The van der Waals surface area contributed by atoms with Gasteiger partial charge in [0, 0.05) is 11.9 Å². The number of hydrogen-bond acceptors (Lipinski definition) is 2. The van der Waals surface area contributed by atoms with Crippen LogP contribution in [0.2, 0.25) is 0 Å². The van der Waals surface area contributed by atoms with Gasteiger partial charge in [0.1, 0.15) is 17.2 Å². The first-order valence-electron chi connectivity index (χ1n) is 6.31. The van der Waals surface area contributed by atoms with Gasteiger partial charge in [-0.05, 0) is 49.7 Å². The van der Waals surface area contributed by atoms with Crippen molar-refractivity contribution in [3.8, 4) is 5.69 Å². The van der Waals surface area contributed by atoms with Crippen LogP contribution >= 0.6 is 11.6 Å². The largest absolute Gasteiger partial charge is 0.279 e. The molecule has 0 amide bonds. The van der Waals surface area contributed by atoms with E-state index in [1.807, 2.05) is 24.5 Å². The maximum atomic E-state index is 13.1. The molecular weight excluding hydrogens is 277 g/mol. The standard InChI is InChI=1S/C15H13ClFN3/c1-9-7-13-15(18-8-9)20(14(19-13)10(2)16)12-5-3-11(17)4-6-12/h3-8,10H,1-2H3. The van der Waals surface area contributed by atoms with Gasteiger partial charge in [-0.2, -0.15) is 0 Å². The summed E-state index contributed by atoms with van der Waals surface area (Å²) in [6.45, 7) is 3.82. The third-order valence-electron chi connectivity index (χ3n) is 3.10. The minimum Gasteiger partial charge on any atom is -0.279 e. The second-order valence-electron chi connectivity index (χ2n) is 4.75. The molecule has 0 radical (unpaired) electrons. The fourth-order valence-electron chi connectivity index (χ4n) is 2.19. The Balaban J connectivity index is 2.31. The van der Waals surface area contributed by atoms with Crippen LogP contribution in [0.25, 0.3) is 16.9 Å². The van der Waals surface area contributed by atoms with Crippen LogP contribution in [0.15, 0.2) is 36.5 Å². The second-order valence-corrected chi connectivity index (χ2v) is 5.41. The average molecular weight is 290 g/mol. The smallest absolute Gasteiger partial charge is 0.164 e. The number of imidazole rings is 1. The van der Waals surface area contributed by atoms with Crippen molar-refractivity contribution in [3.63, 3.8) is 0 Å². The predicted octanol–water partition coefficient (Wildman–Crippen LogP) is 4.17. The molecular formula is C15H13ClFN3. The zero-order valence-electron chi connectivity index (χ0n) is 11.1. The lowest BCUT2D eigenvalue weighted by molar-refractivity contribution is 0.627. The fraction of sp³-hybridized carbons (Fsp3) is 0.200. The highest BCUT2D eigenvalue weighted by Gasteiger charge is 2.17. The number of benzene rings is 1. The van der Waals surface area contributed by atoms with Crippen LogP contribution in [0.3, 0.4) is 0 Å². The Morgan fingerprint density at radius 2 is 1.95 bits per heavy atom. The summed E-state index contributed by atoms with van der Waals surface area (Å²) in [6.07, 6.45) is 1.78. The summed E-state index contributed by atoms with van der Waals surface area (Å²) in [4.78, 5) is 8.98. The molecule has 102 valence electrons. The molecule has 2 heterocycles. The topological polar surface area (TPSA) is 30.7 Å². The number of aryl methyl sites for hydroxylation is 1. The van der Waals surface area contributed by atoms with Gasteiger partial charge >= 0.3 is 0 Å². The van der Waals surface area contributed by atoms with Crippen molar-refractivity contribution in [2.24, 2.45) is 0 Å². The Morgan fingerprint density at radius 3 is 2.60 bits per heavy atom. The van der Waals surface area contributed by atoms with E-state index in [9.17, 15) is 4.39 Å². The number of nitrogens with zero attached hydrogens (tertiary/aromatic N) is 3. The number of halogens is 2. The molecule has 1 atom stereocenters. The number of aromatic nitrogens is 3. The van der Waals surface area contributed by atoms with Crippen molar-refractivity contribution in [3.05, 3.63) is 53.7 Å². The highest BCUT2D eigenvalue weighted by Crippen LogP contribution is 2.27. The molecule has 0 aliphatic carbocycles. The van der Waals surface area contributed by atoms with Crippen molar-refractivity contribution < 1.29 is 4.39 Å². The van der Waals surface area contributed by atoms with E-state index in [0.29, 0.717) is 5.82 Å². The first kappa shape index (κ1) is 13.1.